The monoisotopic (exact) mass is 513 g/mol. The van der Waals surface area contributed by atoms with Crippen LogP contribution >= 0.6 is 0 Å². The van der Waals surface area contributed by atoms with Gasteiger partial charge in [-0.25, -0.2) is 0 Å². The quantitative estimate of drug-likeness (QED) is 0.266. The Balaban J connectivity index is 1.17. The number of rotatable bonds is 12. The molecule has 0 N–H and O–H groups in total. The molecular weight excluding hydrogens is 474 g/mol. The topological polar surface area (TPSA) is 49.3 Å². The van der Waals surface area contributed by atoms with E-state index in [-0.39, 0.29) is 12.2 Å². The van der Waals surface area contributed by atoms with E-state index in [4.69, 9.17) is 19.0 Å². The molecule has 0 amide bonds. The van der Waals surface area contributed by atoms with Crippen LogP contribution in [0.25, 0.3) is 0 Å². The molecule has 2 aliphatic rings. The maximum Gasteiger partial charge on any atom is 0.133 e. The van der Waals surface area contributed by atoms with Crippen molar-refractivity contribution in [2.75, 3.05) is 13.7 Å². The van der Waals surface area contributed by atoms with Gasteiger partial charge in [0.2, 0.25) is 0 Å². The van der Waals surface area contributed by atoms with Gasteiger partial charge in [0.05, 0.1) is 38.7 Å². The van der Waals surface area contributed by atoms with Gasteiger partial charge >= 0.3 is 0 Å². The highest BCUT2D eigenvalue weighted by molar-refractivity contribution is 5.87. The molecule has 1 saturated carbocycles. The van der Waals surface area contributed by atoms with Gasteiger partial charge in [-0.15, -0.1) is 0 Å². The van der Waals surface area contributed by atoms with E-state index in [2.05, 4.69) is 72.7 Å². The first-order chi connectivity index (χ1) is 18.7. The summed E-state index contributed by atoms with van der Waals surface area (Å²) in [5, 5.41) is 4.46. The van der Waals surface area contributed by atoms with Gasteiger partial charge in [0.15, 0.2) is 0 Å². The number of hydrogen-bond donors (Lipinski definition) is 0. The molecule has 5 heteroatoms. The molecular formula is C33H39NO4. The summed E-state index contributed by atoms with van der Waals surface area (Å²) in [5.41, 5.74) is 4.76. The van der Waals surface area contributed by atoms with E-state index >= 15 is 0 Å². The zero-order chi connectivity index (χ0) is 26.2. The van der Waals surface area contributed by atoms with Crippen molar-refractivity contribution in [1.29, 1.82) is 0 Å². The van der Waals surface area contributed by atoms with Crippen LogP contribution in [0.2, 0.25) is 0 Å². The average Bonchev–Trinajstić information content (AvgIpc) is 3.52. The Morgan fingerprint density at radius 2 is 1.50 bits per heavy atom. The van der Waals surface area contributed by atoms with Crippen LogP contribution in [0.4, 0.5) is 0 Å². The SMILES string of the molecule is COc1ccc(CC2=NOC(C[C@H]3CC(COCc4ccccc4)[C@H](C)[C@H]3OCc3ccccc3)C2)cc1. The van der Waals surface area contributed by atoms with E-state index in [1.165, 1.54) is 16.7 Å². The van der Waals surface area contributed by atoms with E-state index in [9.17, 15) is 0 Å². The van der Waals surface area contributed by atoms with Crippen LogP contribution in [-0.4, -0.2) is 31.6 Å². The van der Waals surface area contributed by atoms with Crippen LogP contribution < -0.4 is 4.74 Å². The standard InChI is InChI=1S/C33H39NO4/c1-24-29(23-36-21-26-9-5-3-6-10-26)18-28(33(24)37-22-27-11-7-4-8-12-27)19-32-20-30(34-38-32)17-25-13-15-31(35-2)16-14-25/h3-16,24,28-29,32-33H,17-23H2,1-2H3/t24-,28+,29?,32?,33+/m0/s1. The number of hydrogen-bond acceptors (Lipinski definition) is 5. The zero-order valence-corrected chi connectivity index (χ0v) is 22.5. The smallest absolute Gasteiger partial charge is 0.133 e. The lowest BCUT2D eigenvalue weighted by molar-refractivity contribution is -0.0314. The Hall–Kier alpha value is -3.15. The minimum absolute atomic E-state index is 0.104. The summed E-state index contributed by atoms with van der Waals surface area (Å²) in [4.78, 5) is 5.94. The fraction of sp³-hybridized carbons (Fsp3) is 0.424. The Labute approximate surface area is 226 Å². The summed E-state index contributed by atoms with van der Waals surface area (Å²) in [6.07, 6.45) is 4.00. The van der Waals surface area contributed by atoms with Crippen molar-refractivity contribution in [1.82, 2.24) is 0 Å². The van der Waals surface area contributed by atoms with Crippen molar-refractivity contribution in [3.8, 4) is 5.75 Å². The lowest BCUT2D eigenvalue weighted by Crippen LogP contribution is -2.28. The summed E-state index contributed by atoms with van der Waals surface area (Å²) in [7, 11) is 1.69. The summed E-state index contributed by atoms with van der Waals surface area (Å²) in [6, 6.07) is 29.1. The first-order valence-electron chi connectivity index (χ1n) is 13.8. The summed E-state index contributed by atoms with van der Waals surface area (Å²) < 4.78 is 18.1. The summed E-state index contributed by atoms with van der Waals surface area (Å²) in [6.45, 7) is 4.36. The van der Waals surface area contributed by atoms with E-state index < -0.39 is 0 Å². The zero-order valence-electron chi connectivity index (χ0n) is 22.5. The molecule has 0 spiro atoms. The predicted molar refractivity (Wildman–Crippen MR) is 150 cm³/mol. The molecule has 5 nitrogen and oxygen atoms in total. The number of ether oxygens (including phenoxy) is 3. The van der Waals surface area contributed by atoms with Gasteiger partial charge in [-0.2, -0.15) is 0 Å². The van der Waals surface area contributed by atoms with Crippen molar-refractivity contribution in [3.63, 3.8) is 0 Å². The average molecular weight is 514 g/mol. The van der Waals surface area contributed by atoms with Crippen LogP contribution in [0.1, 0.15) is 42.9 Å². The third kappa shape index (κ3) is 7.03. The minimum atomic E-state index is 0.104. The van der Waals surface area contributed by atoms with Crippen molar-refractivity contribution in [2.24, 2.45) is 22.9 Å². The van der Waals surface area contributed by atoms with Gasteiger partial charge in [-0.3, -0.25) is 0 Å². The molecule has 3 aromatic carbocycles. The molecule has 0 bridgehead atoms. The second-order valence-electron chi connectivity index (χ2n) is 10.7. The first kappa shape index (κ1) is 26.5. The lowest BCUT2D eigenvalue weighted by Gasteiger charge is -2.25. The highest BCUT2D eigenvalue weighted by Crippen LogP contribution is 2.42. The second kappa shape index (κ2) is 13.1. The predicted octanol–water partition coefficient (Wildman–Crippen LogP) is 6.85. The molecule has 0 aromatic heterocycles. The molecule has 3 aromatic rings. The van der Waals surface area contributed by atoms with Gasteiger partial charge in [-0.05, 0) is 59.4 Å². The van der Waals surface area contributed by atoms with E-state index in [1.54, 1.807) is 7.11 Å². The summed E-state index contributed by atoms with van der Waals surface area (Å²) in [5.74, 6) is 2.17. The van der Waals surface area contributed by atoms with Crippen molar-refractivity contribution < 1.29 is 19.0 Å². The number of nitrogens with zero attached hydrogens (tertiary/aromatic N) is 1. The van der Waals surface area contributed by atoms with Crippen molar-refractivity contribution in [2.45, 2.75) is 58.0 Å². The molecule has 1 heterocycles. The molecule has 0 saturated heterocycles. The number of methoxy groups -OCH3 is 1. The Morgan fingerprint density at radius 1 is 0.816 bits per heavy atom. The van der Waals surface area contributed by atoms with Gasteiger partial charge in [0.25, 0.3) is 0 Å². The number of oxime groups is 1. The van der Waals surface area contributed by atoms with E-state index in [0.29, 0.717) is 31.0 Å². The maximum atomic E-state index is 6.60. The first-order valence-corrected chi connectivity index (χ1v) is 13.8. The van der Waals surface area contributed by atoms with Crippen LogP contribution in [0, 0.1) is 17.8 Å². The fourth-order valence-corrected chi connectivity index (χ4v) is 5.88. The van der Waals surface area contributed by atoms with Gasteiger partial charge in [0.1, 0.15) is 11.9 Å². The molecule has 5 rings (SSSR count). The fourth-order valence-electron chi connectivity index (χ4n) is 5.88. The normalized spacial score (nSPS) is 24.7. The van der Waals surface area contributed by atoms with Crippen LogP contribution in [0.15, 0.2) is 90.1 Å². The molecule has 1 fully saturated rings. The van der Waals surface area contributed by atoms with Crippen LogP contribution in [0.5, 0.6) is 5.75 Å². The Bertz CT molecular complexity index is 1150. The Morgan fingerprint density at radius 3 is 2.18 bits per heavy atom. The molecule has 1 aliphatic heterocycles. The highest BCUT2D eigenvalue weighted by Gasteiger charge is 2.43. The molecule has 2 unspecified atom stereocenters. The van der Waals surface area contributed by atoms with Gasteiger partial charge in [-0.1, -0.05) is 84.9 Å². The maximum absolute atomic E-state index is 6.60. The number of benzene rings is 3. The highest BCUT2D eigenvalue weighted by atomic mass is 16.6. The molecule has 200 valence electrons. The van der Waals surface area contributed by atoms with E-state index in [1.807, 2.05) is 24.3 Å². The molecule has 38 heavy (non-hydrogen) atoms. The largest absolute Gasteiger partial charge is 0.497 e. The van der Waals surface area contributed by atoms with Crippen LogP contribution in [0.3, 0.4) is 0 Å². The lowest BCUT2D eigenvalue weighted by atomic mass is 9.93. The van der Waals surface area contributed by atoms with Crippen molar-refractivity contribution in [3.05, 3.63) is 102 Å². The Kier molecular flexibility index (Phi) is 9.11. The third-order valence-electron chi connectivity index (χ3n) is 7.99. The van der Waals surface area contributed by atoms with Crippen LogP contribution in [-0.2, 0) is 33.9 Å². The minimum Gasteiger partial charge on any atom is -0.497 e. The second-order valence-corrected chi connectivity index (χ2v) is 10.7. The van der Waals surface area contributed by atoms with E-state index in [0.717, 1.165) is 43.8 Å². The third-order valence-corrected chi connectivity index (χ3v) is 7.99. The molecule has 0 radical (unpaired) electrons. The van der Waals surface area contributed by atoms with Gasteiger partial charge < -0.3 is 19.0 Å². The van der Waals surface area contributed by atoms with Crippen molar-refractivity contribution >= 4 is 5.71 Å². The molecule has 1 aliphatic carbocycles. The van der Waals surface area contributed by atoms with Gasteiger partial charge in [0, 0.05) is 12.8 Å². The summed E-state index contributed by atoms with van der Waals surface area (Å²) >= 11 is 0. The molecule has 5 atom stereocenters.